The molecule has 0 aromatic heterocycles. The molecule has 114 valence electrons. The molecule has 0 bridgehead atoms. The van der Waals surface area contributed by atoms with Crippen molar-refractivity contribution >= 4 is 15.9 Å². The van der Waals surface area contributed by atoms with E-state index in [1.165, 1.54) is 0 Å². The first-order chi connectivity index (χ1) is 9.49. The molecule has 0 saturated heterocycles. The molecule has 0 fully saturated rings. The van der Waals surface area contributed by atoms with Gasteiger partial charge in [0.25, 0.3) is 0 Å². The molecule has 1 aromatic rings. The average Bonchev–Trinajstić information content (AvgIpc) is 2.40. The van der Waals surface area contributed by atoms with Crippen molar-refractivity contribution in [3.05, 3.63) is 22.2 Å². The fourth-order valence-electron chi connectivity index (χ4n) is 1.65. The summed E-state index contributed by atoms with van der Waals surface area (Å²) in [5.74, 6) is 1.34. The summed E-state index contributed by atoms with van der Waals surface area (Å²) in [6, 6.07) is 3.98. The van der Waals surface area contributed by atoms with Gasteiger partial charge in [-0.05, 0) is 60.9 Å². The van der Waals surface area contributed by atoms with Crippen LogP contribution in [0.4, 0.5) is 0 Å². The van der Waals surface area contributed by atoms with E-state index >= 15 is 0 Å². The van der Waals surface area contributed by atoms with Gasteiger partial charge < -0.3 is 19.9 Å². The first-order valence-electron chi connectivity index (χ1n) is 7.00. The largest absolute Gasteiger partial charge is 0.490 e. The van der Waals surface area contributed by atoms with E-state index in [9.17, 15) is 5.11 Å². The zero-order valence-corrected chi connectivity index (χ0v) is 14.2. The minimum Gasteiger partial charge on any atom is -0.490 e. The molecule has 2 N–H and O–H groups in total. The summed E-state index contributed by atoms with van der Waals surface area (Å²) in [7, 11) is 0. The van der Waals surface area contributed by atoms with Crippen LogP contribution in [0.2, 0.25) is 0 Å². The Morgan fingerprint density at radius 2 is 2.00 bits per heavy atom. The summed E-state index contributed by atoms with van der Waals surface area (Å²) >= 11 is 3.52. The minimum absolute atomic E-state index is 0.301. The van der Waals surface area contributed by atoms with E-state index in [2.05, 4.69) is 28.2 Å². The Morgan fingerprint density at radius 3 is 2.55 bits per heavy atom. The number of hydrogen-bond acceptors (Lipinski definition) is 4. The predicted molar refractivity (Wildman–Crippen MR) is 84.5 cm³/mol. The van der Waals surface area contributed by atoms with Crippen LogP contribution in [-0.4, -0.2) is 30.5 Å². The number of halogens is 1. The van der Waals surface area contributed by atoms with Gasteiger partial charge in [0.2, 0.25) is 0 Å². The molecule has 20 heavy (non-hydrogen) atoms. The molecule has 0 amide bonds. The van der Waals surface area contributed by atoms with Crippen molar-refractivity contribution in [2.45, 2.75) is 46.4 Å². The van der Waals surface area contributed by atoms with Crippen LogP contribution in [0.3, 0.4) is 0 Å². The second kappa shape index (κ2) is 8.49. The van der Waals surface area contributed by atoms with Crippen LogP contribution in [0.5, 0.6) is 11.5 Å². The van der Waals surface area contributed by atoms with Crippen molar-refractivity contribution in [2.75, 3.05) is 13.2 Å². The lowest BCUT2D eigenvalue weighted by atomic mass is 10.2. The predicted octanol–water partition coefficient (Wildman–Crippen LogP) is 3.11. The molecule has 2 unspecified atom stereocenters. The quantitative estimate of drug-likeness (QED) is 0.760. The molecule has 0 spiro atoms. The van der Waals surface area contributed by atoms with Crippen molar-refractivity contribution in [1.29, 1.82) is 0 Å². The zero-order valence-electron chi connectivity index (χ0n) is 12.6. The van der Waals surface area contributed by atoms with Gasteiger partial charge in [-0.15, -0.1) is 0 Å². The van der Waals surface area contributed by atoms with Crippen molar-refractivity contribution in [3.63, 3.8) is 0 Å². The molecule has 0 aliphatic carbocycles. The van der Waals surface area contributed by atoms with Gasteiger partial charge in [0.1, 0.15) is 6.10 Å². The monoisotopic (exact) mass is 345 g/mol. The molecule has 0 radical (unpaired) electrons. The number of ether oxygens (including phenoxy) is 2. The van der Waals surface area contributed by atoms with Crippen LogP contribution >= 0.6 is 15.9 Å². The molecule has 1 rings (SSSR count). The van der Waals surface area contributed by atoms with Gasteiger partial charge in [0.15, 0.2) is 11.5 Å². The van der Waals surface area contributed by atoms with E-state index in [4.69, 9.17) is 9.47 Å². The third-order valence-electron chi connectivity index (χ3n) is 2.93. The molecular formula is C15H24BrNO3. The summed E-state index contributed by atoms with van der Waals surface area (Å²) in [6.07, 6.45) is -0.845. The smallest absolute Gasteiger partial charge is 0.175 e. The number of aliphatic hydroxyl groups excluding tert-OH is 1. The third kappa shape index (κ3) is 4.96. The summed E-state index contributed by atoms with van der Waals surface area (Å²) in [6.45, 7) is 9.81. The van der Waals surface area contributed by atoms with Gasteiger partial charge in [-0.1, -0.05) is 6.92 Å². The Hall–Kier alpha value is -0.780. The van der Waals surface area contributed by atoms with E-state index in [0.29, 0.717) is 18.1 Å². The van der Waals surface area contributed by atoms with Crippen LogP contribution < -0.4 is 14.8 Å². The van der Waals surface area contributed by atoms with Gasteiger partial charge >= 0.3 is 0 Å². The topological polar surface area (TPSA) is 50.7 Å². The Balaban J connectivity index is 3.02. The molecule has 0 saturated carbocycles. The third-order valence-corrected chi connectivity index (χ3v) is 3.52. The molecule has 2 atom stereocenters. The summed E-state index contributed by atoms with van der Waals surface area (Å²) in [5, 5.41) is 12.9. The summed E-state index contributed by atoms with van der Waals surface area (Å²) < 4.78 is 12.3. The lowest BCUT2D eigenvalue weighted by Gasteiger charge is -2.21. The van der Waals surface area contributed by atoms with Crippen molar-refractivity contribution in [2.24, 2.45) is 0 Å². The number of rotatable bonds is 8. The van der Waals surface area contributed by atoms with E-state index in [0.717, 1.165) is 23.1 Å². The highest BCUT2D eigenvalue weighted by Gasteiger charge is 2.17. The van der Waals surface area contributed by atoms with Crippen molar-refractivity contribution in [1.82, 2.24) is 5.32 Å². The highest BCUT2D eigenvalue weighted by atomic mass is 79.9. The maximum Gasteiger partial charge on any atom is 0.175 e. The van der Waals surface area contributed by atoms with E-state index in [-0.39, 0.29) is 6.10 Å². The maximum absolute atomic E-state index is 9.57. The van der Waals surface area contributed by atoms with Gasteiger partial charge in [0.05, 0.1) is 17.2 Å². The Kier molecular flexibility index (Phi) is 7.34. The second-order valence-corrected chi connectivity index (χ2v) is 5.54. The van der Waals surface area contributed by atoms with E-state index in [1.807, 2.05) is 26.0 Å². The van der Waals surface area contributed by atoms with E-state index < -0.39 is 6.10 Å². The number of hydrogen-bond donors (Lipinski definition) is 2. The summed E-state index contributed by atoms with van der Waals surface area (Å²) in [5.41, 5.74) is 1.12. The van der Waals surface area contributed by atoms with Crippen LogP contribution in [0.15, 0.2) is 16.6 Å². The summed E-state index contributed by atoms with van der Waals surface area (Å²) in [4.78, 5) is 0. The Labute approximate surface area is 129 Å². The number of nitrogens with one attached hydrogen (secondary N) is 1. The highest BCUT2D eigenvalue weighted by molar-refractivity contribution is 9.10. The van der Waals surface area contributed by atoms with Gasteiger partial charge in [-0.25, -0.2) is 0 Å². The van der Waals surface area contributed by atoms with Crippen LogP contribution in [-0.2, 0) is 6.54 Å². The zero-order chi connectivity index (χ0) is 15.1. The van der Waals surface area contributed by atoms with Crippen LogP contribution in [0.25, 0.3) is 0 Å². The van der Waals surface area contributed by atoms with Crippen molar-refractivity contribution in [3.8, 4) is 11.5 Å². The number of aliphatic hydroxyl groups is 1. The normalized spacial score (nSPS) is 13.9. The average molecular weight is 346 g/mol. The first-order valence-corrected chi connectivity index (χ1v) is 7.79. The maximum atomic E-state index is 9.57. The SMILES string of the molecule is CCNCc1cc(Br)c(OC(C)C(C)O)c(OCC)c1. The van der Waals surface area contributed by atoms with Gasteiger partial charge in [-0.2, -0.15) is 0 Å². The molecule has 0 aliphatic heterocycles. The van der Waals surface area contributed by atoms with Crippen LogP contribution in [0, 0.1) is 0 Å². The van der Waals surface area contributed by atoms with Gasteiger partial charge in [0, 0.05) is 6.54 Å². The van der Waals surface area contributed by atoms with Crippen molar-refractivity contribution < 1.29 is 14.6 Å². The van der Waals surface area contributed by atoms with E-state index in [1.54, 1.807) is 6.92 Å². The standard InChI is InChI=1S/C15H24BrNO3/c1-5-17-9-12-7-13(16)15(14(8-12)19-6-2)20-11(4)10(3)18/h7-8,10-11,17-18H,5-6,9H2,1-4H3. The lowest BCUT2D eigenvalue weighted by Crippen LogP contribution is -2.26. The highest BCUT2D eigenvalue weighted by Crippen LogP contribution is 2.37. The minimum atomic E-state index is -0.544. The number of benzene rings is 1. The molecule has 5 heteroatoms. The fraction of sp³-hybridized carbons (Fsp3) is 0.600. The molecular weight excluding hydrogens is 322 g/mol. The molecule has 1 aromatic carbocycles. The Morgan fingerprint density at radius 1 is 1.30 bits per heavy atom. The molecule has 4 nitrogen and oxygen atoms in total. The van der Waals surface area contributed by atoms with Gasteiger partial charge in [-0.3, -0.25) is 0 Å². The van der Waals surface area contributed by atoms with Crippen LogP contribution in [0.1, 0.15) is 33.3 Å². The Bertz CT molecular complexity index is 424. The molecule has 0 heterocycles. The molecule has 0 aliphatic rings. The second-order valence-electron chi connectivity index (χ2n) is 4.68. The lowest BCUT2D eigenvalue weighted by molar-refractivity contribution is 0.0577. The first kappa shape index (κ1) is 17.3. The fourth-order valence-corrected chi connectivity index (χ4v) is 2.24.